The van der Waals surface area contributed by atoms with Crippen LogP contribution in [0.4, 0.5) is 0 Å². The summed E-state index contributed by atoms with van der Waals surface area (Å²) in [5.41, 5.74) is 0.767. The van der Waals surface area contributed by atoms with Gasteiger partial charge in [0.2, 0.25) is 0 Å². The van der Waals surface area contributed by atoms with E-state index in [-0.39, 0.29) is 5.97 Å². The van der Waals surface area contributed by atoms with E-state index in [1.165, 1.54) is 7.11 Å². The number of imidazole rings is 1. The van der Waals surface area contributed by atoms with Crippen molar-refractivity contribution in [1.29, 1.82) is 0 Å². The fourth-order valence-electron chi connectivity index (χ4n) is 1.27. The standard InChI is InChI=1S/C10H15N3O2/c1-4-5-12-9(10(14)15-3)8-6-11-7-13(8)2/h4,6-7,9,12H,1,5H2,2-3H3. The van der Waals surface area contributed by atoms with Gasteiger partial charge in [0, 0.05) is 13.6 Å². The topological polar surface area (TPSA) is 56.1 Å². The van der Waals surface area contributed by atoms with E-state index in [4.69, 9.17) is 4.74 Å². The summed E-state index contributed by atoms with van der Waals surface area (Å²) in [7, 11) is 3.19. The SMILES string of the molecule is C=CCNC(C(=O)OC)c1cncn1C. The Kier molecular flexibility index (Phi) is 4.05. The fourth-order valence-corrected chi connectivity index (χ4v) is 1.27. The van der Waals surface area contributed by atoms with Crippen molar-refractivity contribution in [2.24, 2.45) is 7.05 Å². The lowest BCUT2D eigenvalue weighted by molar-refractivity contribution is -0.143. The lowest BCUT2D eigenvalue weighted by Crippen LogP contribution is -2.31. The largest absolute Gasteiger partial charge is 0.468 e. The van der Waals surface area contributed by atoms with Crippen LogP contribution in [0.2, 0.25) is 0 Å². The quantitative estimate of drug-likeness (QED) is 0.563. The lowest BCUT2D eigenvalue weighted by atomic mass is 10.2. The summed E-state index contributed by atoms with van der Waals surface area (Å²) in [5.74, 6) is -0.333. The number of hydrogen-bond donors (Lipinski definition) is 1. The van der Waals surface area contributed by atoms with Gasteiger partial charge in [-0.1, -0.05) is 6.08 Å². The number of nitrogens with zero attached hydrogens (tertiary/aromatic N) is 2. The van der Waals surface area contributed by atoms with Crippen LogP contribution in [-0.4, -0.2) is 29.2 Å². The highest BCUT2D eigenvalue weighted by Crippen LogP contribution is 2.12. The Balaban J connectivity index is 2.85. The Morgan fingerprint density at radius 2 is 2.60 bits per heavy atom. The van der Waals surface area contributed by atoms with Crippen molar-refractivity contribution in [3.05, 3.63) is 30.9 Å². The molecule has 5 heteroatoms. The van der Waals surface area contributed by atoms with Gasteiger partial charge in [-0.25, -0.2) is 9.78 Å². The third kappa shape index (κ3) is 2.66. The number of aromatic nitrogens is 2. The van der Waals surface area contributed by atoms with Gasteiger partial charge < -0.3 is 9.30 Å². The van der Waals surface area contributed by atoms with Gasteiger partial charge in [-0.2, -0.15) is 0 Å². The van der Waals surface area contributed by atoms with Gasteiger partial charge in [0.1, 0.15) is 6.04 Å². The van der Waals surface area contributed by atoms with Crippen LogP contribution in [0.15, 0.2) is 25.2 Å². The second-order valence-corrected chi connectivity index (χ2v) is 3.08. The van der Waals surface area contributed by atoms with Crippen LogP contribution in [0.3, 0.4) is 0 Å². The third-order valence-corrected chi connectivity index (χ3v) is 2.05. The summed E-state index contributed by atoms with van der Waals surface area (Å²) in [6, 6.07) is -0.500. The zero-order valence-corrected chi connectivity index (χ0v) is 8.93. The first-order valence-electron chi connectivity index (χ1n) is 4.59. The Bertz CT molecular complexity index is 346. The molecule has 0 aliphatic heterocycles. The Labute approximate surface area is 88.8 Å². The summed E-state index contributed by atoms with van der Waals surface area (Å²) < 4.78 is 6.49. The summed E-state index contributed by atoms with van der Waals surface area (Å²) in [6.07, 6.45) is 4.96. The summed E-state index contributed by atoms with van der Waals surface area (Å²) >= 11 is 0. The highest BCUT2D eigenvalue weighted by molar-refractivity contribution is 5.76. The van der Waals surface area contributed by atoms with E-state index in [2.05, 4.69) is 16.9 Å². The first-order chi connectivity index (χ1) is 7.20. The molecule has 1 unspecified atom stereocenters. The van der Waals surface area contributed by atoms with E-state index in [1.54, 1.807) is 23.2 Å². The van der Waals surface area contributed by atoms with Gasteiger partial charge in [0.25, 0.3) is 0 Å². The summed E-state index contributed by atoms with van der Waals surface area (Å²) in [5, 5.41) is 3.01. The molecule has 0 spiro atoms. The molecule has 5 nitrogen and oxygen atoms in total. The van der Waals surface area contributed by atoms with Crippen LogP contribution in [0.25, 0.3) is 0 Å². The number of carbonyl (C=O) groups excluding carboxylic acids is 1. The molecule has 0 saturated carbocycles. The van der Waals surface area contributed by atoms with Crippen LogP contribution in [0.1, 0.15) is 11.7 Å². The average molecular weight is 209 g/mol. The maximum Gasteiger partial charge on any atom is 0.329 e. The molecule has 0 aliphatic carbocycles. The van der Waals surface area contributed by atoms with Crippen molar-refractivity contribution in [2.45, 2.75) is 6.04 Å². The monoisotopic (exact) mass is 209 g/mol. The summed E-state index contributed by atoms with van der Waals surface area (Å²) in [4.78, 5) is 15.5. The minimum atomic E-state index is -0.500. The van der Waals surface area contributed by atoms with Crippen molar-refractivity contribution >= 4 is 5.97 Å². The van der Waals surface area contributed by atoms with E-state index in [9.17, 15) is 4.79 Å². The molecule has 15 heavy (non-hydrogen) atoms. The second kappa shape index (κ2) is 5.31. The molecule has 82 valence electrons. The van der Waals surface area contributed by atoms with E-state index >= 15 is 0 Å². The van der Waals surface area contributed by atoms with Crippen molar-refractivity contribution in [1.82, 2.24) is 14.9 Å². The maximum atomic E-state index is 11.5. The average Bonchev–Trinajstić information content (AvgIpc) is 2.65. The van der Waals surface area contributed by atoms with Gasteiger partial charge in [-0.3, -0.25) is 5.32 Å². The Morgan fingerprint density at radius 1 is 1.87 bits per heavy atom. The van der Waals surface area contributed by atoms with E-state index in [0.29, 0.717) is 6.54 Å². The molecule has 1 atom stereocenters. The van der Waals surface area contributed by atoms with Crippen molar-refractivity contribution in [3.8, 4) is 0 Å². The smallest absolute Gasteiger partial charge is 0.329 e. The number of nitrogens with one attached hydrogen (secondary N) is 1. The Hall–Kier alpha value is -1.62. The predicted molar refractivity (Wildman–Crippen MR) is 56.2 cm³/mol. The minimum absolute atomic E-state index is 0.333. The molecule has 1 aromatic heterocycles. The molecule has 1 aromatic rings. The number of hydrogen-bond acceptors (Lipinski definition) is 4. The molecular formula is C10H15N3O2. The molecule has 0 aromatic carbocycles. The van der Waals surface area contributed by atoms with Crippen LogP contribution in [0, 0.1) is 0 Å². The van der Waals surface area contributed by atoms with E-state index in [0.717, 1.165) is 5.69 Å². The number of esters is 1. The fraction of sp³-hybridized carbons (Fsp3) is 0.400. The molecule has 0 aliphatic rings. The molecule has 0 radical (unpaired) electrons. The summed E-state index contributed by atoms with van der Waals surface area (Å²) in [6.45, 7) is 4.12. The first kappa shape index (κ1) is 11.5. The van der Waals surface area contributed by atoms with Gasteiger partial charge in [0.05, 0.1) is 25.3 Å². The van der Waals surface area contributed by atoms with E-state index in [1.807, 2.05) is 7.05 Å². The van der Waals surface area contributed by atoms with E-state index < -0.39 is 6.04 Å². The second-order valence-electron chi connectivity index (χ2n) is 3.08. The molecule has 1 rings (SSSR count). The molecular weight excluding hydrogens is 194 g/mol. The number of carbonyl (C=O) groups is 1. The maximum absolute atomic E-state index is 11.5. The molecule has 0 fully saturated rings. The highest BCUT2D eigenvalue weighted by Gasteiger charge is 2.22. The lowest BCUT2D eigenvalue weighted by Gasteiger charge is -2.15. The van der Waals surface area contributed by atoms with Crippen LogP contribution < -0.4 is 5.32 Å². The molecule has 1 N–H and O–H groups in total. The minimum Gasteiger partial charge on any atom is -0.468 e. The number of rotatable bonds is 5. The van der Waals surface area contributed by atoms with Gasteiger partial charge in [0.15, 0.2) is 0 Å². The van der Waals surface area contributed by atoms with Gasteiger partial charge in [-0.15, -0.1) is 6.58 Å². The number of ether oxygens (including phenoxy) is 1. The molecule has 0 amide bonds. The van der Waals surface area contributed by atoms with Crippen molar-refractivity contribution < 1.29 is 9.53 Å². The zero-order chi connectivity index (χ0) is 11.3. The molecule has 1 heterocycles. The van der Waals surface area contributed by atoms with Crippen LogP contribution >= 0.6 is 0 Å². The van der Waals surface area contributed by atoms with Gasteiger partial charge >= 0.3 is 5.97 Å². The first-order valence-corrected chi connectivity index (χ1v) is 4.59. The van der Waals surface area contributed by atoms with Gasteiger partial charge in [-0.05, 0) is 0 Å². The number of aryl methyl sites for hydroxylation is 1. The zero-order valence-electron chi connectivity index (χ0n) is 8.93. The van der Waals surface area contributed by atoms with Crippen LogP contribution in [0.5, 0.6) is 0 Å². The predicted octanol–water partition coefficient (Wildman–Crippen LogP) is 0.410. The molecule has 0 saturated heterocycles. The normalized spacial score (nSPS) is 12.1. The van der Waals surface area contributed by atoms with Crippen molar-refractivity contribution in [2.75, 3.05) is 13.7 Å². The van der Waals surface area contributed by atoms with Crippen molar-refractivity contribution in [3.63, 3.8) is 0 Å². The molecule has 0 bridgehead atoms. The van der Waals surface area contributed by atoms with Crippen LogP contribution in [-0.2, 0) is 16.6 Å². The Morgan fingerprint density at radius 3 is 3.07 bits per heavy atom. The third-order valence-electron chi connectivity index (χ3n) is 2.05. The highest BCUT2D eigenvalue weighted by atomic mass is 16.5. The number of methoxy groups -OCH3 is 1.